The average molecular weight is 411 g/mol. The summed E-state index contributed by atoms with van der Waals surface area (Å²) in [6.07, 6.45) is 1.71. The lowest BCUT2D eigenvalue weighted by Crippen LogP contribution is -2.41. The second kappa shape index (κ2) is 9.60. The molecule has 1 unspecified atom stereocenters. The molecule has 0 aliphatic heterocycles. The smallest absolute Gasteiger partial charge is 0.254 e. The number of aryl methyl sites for hydroxylation is 2. The molecule has 2 aromatic heterocycles. The van der Waals surface area contributed by atoms with E-state index in [0.717, 1.165) is 22.7 Å². The number of likely N-dealkylation sites (N-methyl/N-ethyl adjacent to an activating group) is 1. The van der Waals surface area contributed by atoms with E-state index in [1.165, 1.54) is 11.8 Å². The molecule has 0 spiro atoms. The molecule has 6 nitrogen and oxygen atoms in total. The van der Waals surface area contributed by atoms with Crippen molar-refractivity contribution in [2.45, 2.75) is 37.6 Å². The number of amides is 1. The number of carbonyl (C=O) groups excluding carboxylic acids is 1. The lowest BCUT2D eigenvalue weighted by molar-refractivity contribution is 0.0937. The van der Waals surface area contributed by atoms with Crippen molar-refractivity contribution in [1.29, 1.82) is 0 Å². The topological polar surface area (TPSA) is 71.3 Å². The van der Waals surface area contributed by atoms with Gasteiger partial charge in [0.2, 0.25) is 0 Å². The van der Waals surface area contributed by atoms with Gasteiger partial charge in [-0.1, -0.05) is 23.4 Å². The Morgan fingerprint density at radius 3 is 2.66 bits per heavy atom. The predicted molar refractivity (Wildman–Crippen MR) is 116 cm³/mol. The van der Waals surface area contributed by atoms with Gasteiger partial charge in [-0.15, -0.1) is 11.8 Å². The first-order chi connectivity index (χ1) is 14.0. The molecule has 0 radical (unpaired) electrons. The summed E-state index contributed by atoms with van der Waals surface area (Å²) >= 11 is 1.52. The highest BCUT2D eigenvalue weighted by molar-refractivity contribution is 7.98. The first-order valence-electron chi connectivity index (χ1n) is 9.52. The zero-order valence-corrected chi connectivity index (χ0v) is 18.0. The summed E-state index contributed by atoms with van der Waals surface area (Å²) in [5, 5.41) is 7.78. The normalized spacial score (nSPS) is 11.9. The molecular weight excluding hydrogens is 384 g/mol. The van der Waals surface area contributed by atoms with Crippen LogP contribution >= 0.6 is 11.8 Å². The van der Waals surface area contributed by atoms with Gasteiger partial charge in [-0.3, -0.25) is 4.79 Å². The van der Waals surface area contributed by atoms with E-state index < -0.39 is 0 Å². The first kappa shape index (κ1) is 20.9. The Balaban J connectivity index is 1.63. The second-order valence-corrected chi connectivity index (χ2v) is 8.00. The first-order valence-corrected chi connectivity index (χ1v) is 10.5. The number of nitrogens with one attached hydrogen (secondary N) is 1. The summed E-state index contributed by atoms with van der Waals surface area (Å²) in [6, 6.07) is 13.7. The van der Waals surface area contributed by atoms with Crippen molar-refractivity contribution in [2.24, 2.45) is 0 Å². The molecular formula is C22H26N4O2S. The van der Waals surface area contributed by atoms with Crippen LogP contribution in [0.5, 0.6) is 0 Å². The van der Waals surface area contributed by atoms with Gasteiger partial charge < -0.3 is 14.7 Å². The number of para-hydroxylation sites is 1. The van der Waals surface area contributed by atoms with Gasteiger partial charge in [-0.05, 0) is 45.0 Å². The third-order valence-corrected chi connectivity index (χ3v) is 5.70. The lowest BCUT2D eigenvalue weighted by atomic mass is 10.2. The van der Waals surface area contributed by atoms with Gasteiger partial charge in [0.15, 0.2) is 0 Å². The third-order valence-electron chi connectivity index (χ3n) is 4.67. The Bertz CT molecular complexity index is 939. The monoisotopic (exact) mass is 410 g/mol. The maximum atomic E-state index is 12.9. The highest BCUT2D eigenvalue weighted by atomic mass is 32.2. The van der Waals surface area contributed by atoms with Crippen LogP contribution in [-0.2, 0) is 5.75 Å². The van der Waals surface area contributed by atoms with Crippen LogP contribution in [0.2, 0.25) is 0 Å². The Kier molecular flexibility index (Phi) is 6.93. The number of hydrogen-bond donors (Lipinski definition) is 1. The highest BCUT2D eigenvalue weighted by Gasteiger charge is 2.17. The Hall–Kier alpha value is -2.80. The van der Waals surface area contributed by atoms with Gasteiger partial charge in [-0.2, -0.15) is 0 Å². The average Bonchev–Trinajstić information content (AvgIpc) is 3.04. The maximum Gasteiger partial charge on any atom is 0.254 e. The number of carbonyl (C=O) groups is 1. The highest BCUT2D eigenvalue weighted by Crippen LogP contribution is 2.27. The largest absolute Gasteiger partial charge is 0.373 e. The van der Waals surface area contributed by atoms with Gasteiger partial charge in [-0.25, -0.2) is 4.98 Å². The number of thioether (sulfide) groups is 1. The predicted octanol–water partition coefficient (Wildman–Crippen LogP) is 4.23. The minimum absolute atomic E-state index is 0.0201. The number of benzene rings is 1. The van der Waals surface area contributed by atoms with Crippen LogP contribution in [0.4, 0.5) is 5.69 Å². The van der Waals surface area contributed by atoms with Crippen LogP contribution in [0.1, 0.15) is 34.3 Å². The summed E-state index contributed by atoms with van der Waals surface area (Å²) in [7, 11) is 2.02. The Morgan fingerprint density at radius 2 is 1.97 bits per heavy atom. The summed E-state index contributed by atoms with van der Waals surface area (Å²) < 4.78 is 5.22. The van der Waals surface area contributed by atoms with E-state index in [2.05, 4.69) is 32.5 Å². The molecule has 1 amide bonds. The minimum Gasteiger partial charge on any atom is -0.373 e. The van der Waals surface area contributed by atoms with Crippen molar-refractivity contribution < 1.29 is 9.32 Å². The maximum absolute atomic E-state index is 12.9. The van der Waals surface area contributed by atoms with Crippen molar-refractivity contribution >= 4 is 23.4 Å². The van der Waals surface area contributed by atoms with E-state index in [9.17, 15) is 4.79 Å². The molecule has 1 aromatic carbocycles. The molecule has 29 heavy (non-hydrogen) atoms. The van der Waals surface area contributed by atoms with Crippen molar-refractivity contribution in [1.82, 2.24) is 15.5 Å². The Morgan fingerprint density at radius 1 is 1.21 bits per heavy atom. The number of rotatable bonds is 8. The van der Waals surface area contributed by atoms with E-state index in [0.29, 0.717) is 22.9 Å². The molecule has 1 atom stereocenters. The quantitative estimate of drug-likeness (QED) is 0.560. The van der Waals surface area contributed by atoms with E-state index in [4.69, 9.17) is 4.52 Å². The summed E-state index contributed by atoms with van der Waals surface area (Å²) in [5.41, 5.74) is 3.61. The molecule has 2 heterocycles. The number of hydrogen-bond acceptors (Lipinski definition) is 6. The standard InChI is InChI=1S/C22H26N4O2S/c1-15(13-26(4)18-9-6-5-7-10-18)24-21(27)19-11-8-12-23-22(19)29-14-20-16(2)25-28-17(20)3/h5-12,15H,13-14H2,1-4H3,(H,24,27). The van der Waals surface area contributed by atoms with Gasteiger partial charge in [0.1, 0.15) is 10.8 Å². The Labute approximate surface area is 175 Å². The van der Waals surface area contributed by atoms with Crippen LogP contribution < -0.4 is 10.2 Å². The number of nitrogens with zero attached hydrogens (tertiary/aromatic N) is 3. The molecule has 0 saturated heterocycles. The van der Waals surface area contributed by atoms with E-state index >= 15 is 0 Å². The zero-order valence-electron chi connectivity index (χ0n) is 17.2. The fourth-order valence-corrected chi connectivity index (χ4v) is 4.22. The lowest BCUT2D eigenvalue weighted by Gasteiger charge is -2.24. The number of anilines is 1. The van der Waals surface area contributed by atoms with Crippen molar-refractivity contribution in [2.75, 3.05) is 18.5 Å². The van der Waals surface area contributed by atoms with Gasteiger partial charge in [0.25, 0.3) is 5.91 Å². The van der Waals surface area contributed by atoms with Gasteiger partial charge in [0.05, 0.1) is 11.3 Å². The molecule has 0 bridgehead atoms. The van der Waals surface area contributed by atoms with Gasteiger partial charge >= 0.3 is 0 Å². The summed E-state index contributed by atoms with van der Waals surface area (Å²) in [4.78, 5) is 19.4. The molecule has 3 rings (SSSR count). The molecule has 0 fully saturated rings. The van der Waals surface area contributed by atoms with E-state index in [1.54, 1.807) is 12.3 Å². The van der Waals surface area contributed by atoms with E-state index in [1.807, 2.05) is 52.1 Å². The SMILES string of the molecule is Cc1noc(C)c1CSc1ncccc1C(=O)NC(C)CN(C)c1ccccc1. The number of pyridine rings is 1. The van der Waals surface area contributed by atoms with Crippen LogP contribution in [0.25, 0.3) is 0 Å². The minimum atomic E-state index is -0.117. The van der Waals surface area contributed by atoms with Crippen molar-refractivity contribution in [3.63, 3.8) is 0 Å². The molecule has 7 heteroatoms. The molecule has 0 aliphatic carbocycles. The fraction of sp³-hybridized carbons (Fsp3) is 0.318. The van der Waals surface area contributed by atoms with Crippen molar-refractivity contribution in [3.05, 3.63) is 71.2 Å². The van der Waals surface area contributed by atoms with Crippen LogP contribution in [0, 0.1) is 13.8 Å². The molecule has 152 valence electrons. The summed E-state index contributed by atoms with van der Waals surface area (Å²) in [6.45, 7) is 6.53. The van der Waals surface area contributed by atoms with Crippen molar-refractivity contribution in [3.8, 4) is 0 Å². The van der Waals surface area contributed by atoms with Crippen LogP contribution in [0.3, 0.4) is 0 Å². The molecule has 1 N–H and O–H groups in total. The van der Waals surface area contributed by atoms with Gasteiger partial charge in [0, 0.05) is 42.8 Å². The second-order valence-electron chi connectivity index (χ2n) is 7.04. The fourth-order valence-electron chi connectivity index (χ4n) is 3.07. The summed E-state index contributed by atoms with van der Waals surface area (Å²) in [5.74, 6) is 1.34. The van der Waals surface area contributed by atoms with E-state index in [-0.39, 0.29) is 11.9 Å². The molecule has 0 aliphatic rings. The molecule has 0 saturated carbocycles. The van der Waals surface area contributed by atoms with Crippen LogP contribution in [0.15, 0.2) is 58.2 Å². The molecule has 3 aromatic rings. The third kappa shape index (κ3) is 5.38. The van der Waals surface area contributed by atoms with Crippen LogP contribution in [-0.4, -0.2) is 35.7 Å². The zero-order chi connectivity index (χ0) is 20.8. The number of aromatic nitrogens is 2.